The highest BCUT2D eigenvalue weighted by atomic mass is 16.5. The molecule has 0 heterocycles. The first-order chi connectivity index (χ1) is 9.63. The number of nitrogens with one attached hydrogen (secondary N) is 1. The van der Waals surface area contributed by atoms with Crippen molar-refractivity contribution in [3.63, 3.8) is 0 Å². The molecule has 0 atom stereocenters. The van der Waals surface area contributed by atoms with E-state index in [0.29, 0.717) is 12.3 Å². The second-order valence-corrected chi connectivity index (χ2v) is 4.55. The van der Waals surface area contributed by atoms with Crippen molar-refractivity contribution in [3.05, 3.63) is 30.3 Å². The Morgan fingerprint density at radius 2 is 1.95 bits per heavy atom. The van der Waals surface area contributed by atoms with Crippen molar-refractivity contribution < 1.29 is 14.3 Å². The second kappa shape index (κ2) is 8.96. The molecule has 5 nitrogen and oxygen atoms in total. The molecule has 1 aromatic carbocycles. The lowest BCUT2D eigenvalue weighted by atomic mass is 10.3. The summed E-state index contributed by atoms with van der Waals surface area (Å²) < 4.78 is 5.29. The predicted octanol–water partition coefficient (Wildman–Crippen LogP) is 1.44. The number of unbranched alkanes of at least 4 members (excludes halogenated alkanes) is 1. The lowest BCUT2D eigenvalue weighted by Crippen LogP contribution is -2.40. The van der Waals surface area contributed by atoms with E-state index in [2.05, 4.69) is 12.2 Å². The van der Waals surface area contributed by atoms with Gasteiger partial charge in [0.2, 0.25) is 5.91 Å². The number of hydrogen-bond acceptors (Lipinski definition) is 3. The monoisotopic (exact) mass is 278 g/mol. The number of para-hydroxylation sites is 1. The van der Waals surface area contributed by atoms with Crippen molar-refractivity contribution in [3.8, 4) is 5.75 Å². The van der Waals surface area contributed by atoms with Crippen LogP contribution in [0.2, 0.25) is 0 Å². The molecule has 0 fully saturated rings. The van der Waals surface area contributed by atoms with Crippen LogP contribution in [-0.2, 0) is 9.59 Å². The van der Waals surface area contributed by atoms with Crippen molar-refractivity contribution in [1.82, 2.24) is 10.2 Å². The number of hydrogen-bond donors (Lipinski definition) is 1. The number of benzene rings is 1. The number of likely N-dealkylation sites (N-methyl/N-ethyl adjacent to an activating group) is 1. The molecule has 0 aromatic heterocycles. The molecular formula is C15H22N2O3. The minimum atomic E-state index is -0.300. The topological polar surface area (TPSA) is 58.6 Å². The number of rotatable bonds is 8. The van der Waals surface area contributed by atoms with Crippen LogP contribution < -0.4 is 10.1 Å². The summed E-state index contributed by atoms with van der Waals surface area (Å²) in [5.41, 5.74) is 0. The Morgan fingerprint density at radius 1 is 1.25 bits per heavy atom. The Balaban J connectivity index is 2.21. The van der Waals surface area contributed by atoms with Crippen LogP contribution in [0, 0.1) is 0 Å². The maximum absolute atomic E-state index is 11.7. The SMILES string of the molecule is CCCCN(C)C(=O)CNC(=O)COc1ccccc1. The van der Waals surface area contributed by atoms with Crippen LogP contribution in [0.1, 0.15) is 19.8 Å². The van der Waals surface area contributed by atoms with Gasteiger partial charge in [-0.05, 0) is 18.6 Å². The molecule has 1 rings (SSSR count). The lowest BCUT2D eigenvalue weighted by molar-refractivity contribution is -0.132. The molecule has 1 aromatic rings. The van der Waals surface area contributed by atoms with E-state index in [4.69, 9.17) is 4.74 Å². The van der Waals surface area contributed by atoms with Crippen LogP contribution in [0.15, 0.2) is 30.3 Å². The summed E-state index contributed by atoms with van der Waals surface area (Å²) in [5, 5.41) is 2.55. The molecule has 2 amide bonds. The number of carbonyl (C=O) groups is 2. The molecule has 0 radical (unpaired) electrons. The van der Waals surface area contributed by atoms with E-state index in [0.717, 1.165) is 12.8 Å². The standard InChI is InChI=1S/C15H22N2O3/c1-3-4-10-17(2)15(19)11-16-14(18)12-20-13-8-6-5-7-9-13/h5-9H,3-4,10-12H2,1-2H3,(H,16,18). The highest BCUT2D eigenvalue weighted by Gasteiger charge is 2.10. The molecule has 5 heteroatoms. The maximum Gasteiger partial charge on any atom is 0.258 e. The fourth-order valence-electron chi connectivity index (χ4n) is 1.55. The van der Waals surface area contributed by atoms with Crippen LogP contribution in [0.25, 0.3) is 0 Å². The summed E-state index contributed by atoms with van der Waals surface area (Å²) in [6.07, 6.45) is 2.00. The first kappa shape index (κ1) is 16.0. The Bertz CT molecular complexity index is 420. The Labute approximate surface area is 119 Å². The van der Waals surface area contributed by atoms with Crippen molar-refractivity contribution >= 4 is 11.8 Å². The molecule has 0 aliphatic rings. The summed E-state index contributed by atoms with van der Waals surface area (Å²) in [6, 6.07) is 9.09. The van der Waals surface area contributed by atoms with Gasteiger partial charge >= 0.3 is 0 Å². The maximum atomic E-state index is 11.7. The van der Waals surface area contributed by atoms with E-state index in [1.807, 2.05) is 18.2 Å². The van der Waals surface area contributed by atoms with Gasteiger partial charge in [0, 0.05) is 13.6 Å². The van der Waals surface area contributed by atoms with Gasteiger partial charge in [-0.3, -0.25) is 9.59 Å². The van der Waals surface area contributed by atoms with Crippen LogP contribution >= 0.6 is 0 Å². The normalized spacial score (nSPS) is 9.90. The Kier molecular flexibility index (Phi) is 7.17. The summed E-state index contributed by atoms with van der Waals surface area (Å²) in [5.74, 6) is 0.242. The van der Waals surface area contributed by atoms with Gasteiger partial charge in [-0.2, -0.15) is 0 Å². The van der Waals surface area contributed by atoms with Gasteiger partial charge in [0.05, 0.1) is 6.54 Å². The van der Waals surface area contributed by atoms with Crippen molar-refractivity contribution in [1.29, 1.82) is 0 Å². The van der Waals surface area contributed by atoms with E-state index >= 15 is 0 Å². The number of carbonyl (C=O) groups excluding carboxylic acids is 2. The summed E-state index contributed by atoms with van der Waals surface area (Å²) in [7, 11) is 1.74. The molecular weight excluding hydrogens is 256 g/mol. The summed E-state index contributed by atoms with van der Waals surface area (Å²) >= 11 is 0. The van der Waals surface area contributed by atoms with Crippen molar-refractivity contribution in [2.24, 2.45) is 0 Å². The summed E-state index contributed by atoms with van der Waals surface area (Å²) in [6.45, 7) is 2.71. The molecule has 0 spiro atoms. The third-order valence-electron chi connectivity index (χ3n) is 2.82. The number of nitrogens with zero attached hydrogens (tertiary/aromatic N) is 1. The zero-order valence-corrected chi connectivity index (χ0v) is 12.1. The zero-order chi connectivity index (χ0) is 14.8. The summed E-state index contributed by atoms with van der Waals surface area (Å²) in [4.78, 5) is 24.9. The smallest absolute Gasteiger partial charge is 0.258 e. The van der Waals surface area contributed by atoms with Gasteiger partial charge in [0.25, 0.3) is 5.91 Å². The average molecular weight is 278 g/mol. The molecule has 0 unspecified atom stereocenters. The first-order valence-corrected chi connectivity index (χ1v) is 6.82. The highest BCUT2D eigenvalue weighted by Crippen LogP contribution is 2.07. The quantitative estimate of drug-likeness (QED) is 0.783. The fourth-order valence-corrected chi connectivity index (χ4v) is 1.55. The van der Waals surface area contributed by atoms with E-state index in [1.165, 1.54) is 0 Å². The molecule has 0 aliphatic carbocycles. The van der Waals surface area contributed by atoms with Gasteiger partial charge < -0.3 is 15.0 Å². The third-order valence-corrected chi connectivity index (χ3v) is 2.82. The number of amides is 2. The van der Waals surface area contributed by atoms with E-state index in [9.17, 15) is 9.59 Å². The minimum absolute atomic E-state index is 0.0111. The van der Waals surface area contributed by atoms with Gasteiger partial charge in [0.15, 0.2) is 6.61 Å². The average Bonchev–Trinajstić information content (AvgIpc) is 2.49. The van der Waals surface area contributed by atoms with E-state index in [-0.39, 0.29) is 25.0 Å². The Hall–Kier alpha value is -2.04. The van der Waals surface area contributed by atoms with E-state index in [1.54, 1.807) is 24.1 Å². The molecule has 0 aliphatic heterocycles. The highest BCUT2D eigenvalue weighted by molar-refractivity contribution is 5.85. The molecule has 0 saturated carbocycles. The largest absolute Gasteiger partial charge is 0.484 e. The van der Waals surface area contributed by atoms with Crippen molar-refractivity contribution in [2.45, 2.75) is 19.8 Å². The first-order valence-electron chi connectivity index (χ1n) is 6.82. The molecule has 110 valence electrons. The molecule has 0 bridgehead atoms. The second-order valence-electron chi connectivity index (χ2n) is 4.55. The van der Waals surface area contributed by atoms with Crippen molar-refractivity contribution in [2.75, 3.05) is 26.7 Å². The van der Waals surface area contributed by atoms with Crippen LogP contribution in [-0.4, -0.2) is 43.5 Å². The predicted molar refractivity (Wildman–Crippen MR) is 77.5 cm³/mol. The number of ether oxygens (including phenoxy) is 1. The van der Waals surface area contributed by atoms with E-state index < -0.39 is 0 Å². The lowest BCUT2D eigenvalue weighted by Gasteiger charge is -2.17. The van der Waals surface area contributed by atoms with Gasteiger partial charge in [0.1, 0.15) is 5.75 Å². The van der Waals surface area contributed by atoms with Gasteiger partial charge in [-0.15, -0.1) is 0 Å². The molecule has 0 saturated heterocycles. The van der Waals surface area contributed by atoms with Crippen LogP contribution in [0.4, 0.5) is 0 Å². The molecule has 1 N–H and O–H groups in total. The third kappa shape index (κ3) is 6.22. The van der Waals surface area contributed by atoms with Gasteiger partial charge in [-0.1, -0.05) is 31.5 Å². The van der Waals surface area contributed by atoms with Crippen LogP contribution in [0.5, 0.6) is 5.75 Å². The minimum Gasteiger partial charge on any atom is -0.484 e. The fraction of sp³-hybridized carbons (Fsp3) is 0.467. The van der Waals surface area contributed by atoms with Crippen LogP contribution in [0.3, 0.4) is 0 Å². The Morgan fingerprint density at radius 3 is 2.60 bits per heavy atom. The van der Waals surface area contributed by atoms with Gasteiger partial charge in [-0.25, -0.2) is 0 Å². The molecule has 20 heavy (non-hydrogen) atoms. The zero-order valence-electron chi connectivity index (χ0n) is 12.1.